The highest BCUT2D eigenvalue weighted by Gasteiger charge is 2.14. The Kier molecular flexibility index (Phi) is 4.58. The summed E-state index contributed by atoms with van der Waals surface area (Å²) in [6.45, 7) is 1.86. The monoisotopic (exact) mass is 258 g/mol. The largest absolute Gasteiger partial charge is 0.390 e. The van der Waals surface area contributed by atoms with E-state index >= 15 is 0 Å². The number of halogens is 1. The van der Waals surface area contributed by atoms with Gasteiger partial charge in [0.1, 0.15) is 0 Å². The zero-order chi connectivity index (χ0) is 10.6. The van der Waals surface area contributed by atoms with E-state index in [4.69, 9.17) is 4.74 Å². The second-order valence-corrected chi connectivity index (χ2v) is 4.16. The van der Waals surface area contributed by atoms with Crippen molar-refractivity contribution >= 4 is 15.9 Å². The maximum atomic E-state index is 9.75. The van der Waals surface area contributed by atoms with Gasteiger partial charge in [-0.3, -0.25) is 0 Å². The first-order chi connectivity index (χ1) is 6.65. The van der Waals surface area contributed by atoms with Gasteiger partial charge < -0.3 is 9.84 Å². The minimum Gasteiger partial charge on any atom is -0.390 e. The third-order valence-corrected chi connectivity index (χ3v) is 3.07. The van der Waals surface area contributed by atoms with Crippen LogP contribution in [-0.4, -0.2) is 24.4 Å². The summed E-state index contributed by atoms with van der Waals surface area (Å²) in [6, 6.07) is 7.89. The van der Waals surface area contributed by atoms with Crippen LogP contribution in [-0.2, 0) is 11.2 Å². The Balaban J connectivity index is 2.64. The molecule has 2 atom stereocenters. The van der Waals surface area contributed by atoms with Crippen LogP contribution in [0.25, 0.3) is 0 Å². The highest BCUT2D eigenvalue weighted by molar-refractivity contribution is 9.10. The fraction of sp³-hybridized carbons (Fsp3) is 0.455. The molecule has 0 bridgehead atoms. The quantitative estimate of drug-likeness (QED) is 0.899. The van der Waals surface area contributed by atoms with E-state index in [-0.39, 0.29) is 6.10 Å². The Morgan fingerprint density at radius 3 is 2.64 bits per heavy atom. The van der Waals surface area contributed by atoms with Crippen LogP contribution in [0.15, 0.2) is 28.7 Å². The van der Waals surface area contributed by atoms with Crippen LogP contribution in [0.2, 0.25) is 0 Å². The van der Waals surface area contributed by atoms with Gasteiger partial charge in [0.25, 0.3) is 0 Å². The number of rotatable bonds is 4. The average Bonchev–Trinajstić information content (AvgIpc) is 2.20. The van der Waals surface area contributed by atoms with Crippen molar-refractivity contribution in [1.29, 1.82) is 0 Å². The normalized spacial score (nSPS) is 15.1. The number of aliphatic hydroxyl groups is 1. The summed E-state index contributed by atoms with van der Waals surface area (Å²) in [4.78, 5) is 0. The van der Waals surface area contributed by atoms with E-state index in [1.165, 1.54) is 0 Å². The summed E-state index contributed by atoms with van der Waals surface area (Å²) in [5.41, 5.74) is 1.10. The molecule has 0 amide bonds. The molecular weight excluding hydrogens is 244 g/mol. The molecule has 0 aliphatic carbocycles. The van der Waals surface area contributed by atoms with E-state index in [0.29, 0.717) is 6.42 Å². The molecule has 0 aromatic heterocycles. The second kappa shape index (κ2) is 5.49. The molecule has 3 heteroatoms. The molecule has 1 aromatic carbocycles. The molecule has 1 rings (SSSR count). The van der Waals surface area contributed by atoms with E-state index in [9.17, 15) is 5.11 Å². The van der Waals surface area contributed by atoms with Crippen molar-refractivity contribution < 1.29 is 9.84 Å². The summed E-state index contributed by atoms with van der Waals surface area (Å²) >= 11 is 3.44. The molecule has 0 radical (unpaired) electrons. The lowest BCUT2D eigenvalue weighted by Gasteiger charge is -2.17. The van der Waals surface area contributed by atoms with Gasteiger partial charge in [-0.15, -0.1) is 0 Å². The minimum atomic E-state index is -0.460. The third-order valence-electron chi connectivity index (χ3n) is 2.30. The zero-order valence-corrected chi connectivity index (χ0v) is 9.99. The molecule has 0 aliphatic rings. The molecule has 0 spiro atoms. The highest BCUT2D eigenvalue weighted by atomic mass is 79.9. The highest BCUT2D eigenvalue weighted by Crippen LogP contribution is 2.18. The van der Waals surface area contributed by atoms with Crippen molar-refractivity contribution in [3.63, 3.8) is 0 Å². The molecular formula is C11H15BrO2. The Morgan fingerprint density at radius 1 is 1.43 bits per heavy atom. The standard InChI is InChI=1S/C11H15BrO2/c1-8(14-2)11(13)7-9-5-3-4-6-10(9)12/h3-6,8,11,13H,7H2,1-2H3. The van der Waals surface area contributed by atoms with Crippen LogP contribution < -0.4 is 0 Å². The lowest BCUT2D eigenvalue weighted by Crippen LogP contribution is -2.27. The molecule has 78 valence electrons. The van der Waals surface area contributed by atoms with Gasteiger partial charge in [-0.2, -0.15) is 0 Å². The predicted molar refractivity (Wildman–Crippen MR) is 60.3 cm³/mol. The summed E-state index contributed by atoms with van der Waals surface area (Å²) in [5.74, 6) is 0. The number of benzene rings is 1. The first kappa shape index (κ1) is 11.7. The van der Waals surface area contributed by atoms with E-state index in [1.54, 1.807) is 7.11 Å². The van der Waals surface area contributed by atoms with Gasteiger partial charge in [-0.1, -0.05) is 34.1 Å². The third kappa shape index (κ3) is 3.08. The van der Waals surface area contributed by atoms with Crippen LogP contribution in [0.1, 0.15) is 12.5 Å². The SMILES string of the molecule is COC(C)C(O)Cc1ccccc1Br. The topological polar surface area (TPSA) is 29.5 Å². The van der Waals surface area contributed by atoms with Crippen LogP contribution in [0.5, 0.6) is 0 Å². The van der Waals surface area contributed by atoms with Gasteiger partial charge in [0.2, 0.25) is 0 Å². The predicted octanol–water partition coefficient (Wildman–Crippen LogP) is 2.39. The maximum Gasteiger partial charge on any atom is 0.0839 e. The number of methoxy groups -OCH3 is 1. The Labute approximate surface area is 93.0 Å². The van der Waals surface area contributed by atoms with Crippen molar-refractivity contribution in [3.05, 3.63) is 34.3 Å². The fourth-order valence-corrected chi connectivity index (χ4v) is 1.66. The molecule has 0 saturated carbocycles. The van der Waals surface area contributed by atoms with Gasteiger partial charge in [0, 0.05) is 18.0 Å². The van der Waals surface area contributed by atoms with Crippen molar-refractivity contribution in [2.45, 2.75) is 25.6 Å². The Bertz CT molecular complexity index is 288. The zero-order valence-electron chi connectivity index (χ0n) is 8.40. The van der Waals surface area contributed by atoms with E-state index in [2.05, 4.69) is 15.9 Å². The number of aliphatic hydroxyl groups excluding tert-OH is 1. The van der Waals surface area contributed by atoms with Crippen LogP contribution >= 0.6 is 15.9 Å². The van der Waals surface area contributed by atoms with Crippen molar-refractivity contribution in [3.8, 4) is 0 Å². The Hall–Kier alpha value is -0.380. The summed E-state index contributed by atoms with van der Waals surface area (Å²) in [6.07, 6.45) is 0.0111. The van der Waals surface area contributed by atoms with Gasteiger partial charge in [0.05, 0.1) is 12.2 Å². The molecule has 1 aromatic rings. The van der Waals surface area contributed by atoms with Gasteiger partial charge >= 0.3 is 0 Å². The van der Waals surface area contributed by atoms with E-state index in [0.717, 1.165) is 10.0 Å². The molecule has 0 fully saturated rings. The minimum absolute atomic E-state index is 0.137. The number of hydrogen-bond donors (Lipinski definition) is 1. The van der Waals surface area contributed by atoms with Crippen LogP contribution in [0.3, 0.4) is 0 Å². The smallest absolute Gasteiger partial charge is 0.0839 e. The summed E-state index contributed by atoms with van der Waals surface area (Å²) in [5, 5.41) is 9.75. The lowest BCUT2D eigenvalue weighted by molar-refractivity contribution is 0.000334. The van der Waals surface area contributed by atoms with Gasteiger partial charge in [-0.05, 0) is 18.6 Å². The summed E-state index contributed by atoms with van der Waals surface area (Å²) in [7, 11) is 1.61. The Morgan fingerprint density at radius 2 is 2.07 bits per heavy atom. The molecule has 0 heterocycles. The van der Waals surface area contributed by atoms with Crippen LogP contribution in [0.4, 0.5) is 0 Å². The first-order valence-electron chi connectivity index (χ1n) is 4.59. The van der Waals surface area contributed by atoms with E-state index < -0.39 is 6.10 Å². The van der Waals surface area contributed by atoms with Crippen molar-refractivity contribution in [1.82, 2.24) is 0 Å². The molecule has 0 aliphatic heterocycles. The fourth-order valence-electron chi connectivity index (χ4n) is 1.21. The first-order valence-corrected chi connectivity index (χ1v) is 5.38. The molecule has 2 unspecified atom stereocenters. The molecule has 0 saturated heterocycles. The number of ether oxygens (including phenoxy) is 1. The van der Waals surface area contributed by atoms with Crippen LogP contribution in [0, 0.1) is 0 Å². The number of hydrogen-bond acceptors (Lipinski definition) is 2. The van der Waals surface area contributed by atoms with E-state index in [1.807, 2.05) is 31.2 Å². The average molecular weight is 259 g/mol. The van der Waals surface area contributed by atoms with Crippen molar-refractivity contribution in [2.75, 3.05) is 7.11 Å². The summed E-state index contributed by atoms with van der Waals surface area (Å²) < 4.78 is 6.09. The molecule has 14 heavy (non-hydrogen) atoms. The molecule has 1 N–H and O–H groups in total. The van der Waals surface area contributed by atoms with Gasteiger partial charge in [0.15, 0.2) is 0 Å². The maximum absolute atomic E-state index is 9.75. The molecule has 2 nitrogen and oxygen atoms in total. The van der Waals surface area contributed by atoms with Gasteiger partial charge in [-0.25, -0.2) is 0 Å². The second-order valence-electron chi connectivity index (χ2n) is 3.30. The lowest BCUT2D eigenvalue weighted by atomic mass is 10.1. The van der Waals surface area contributed by atoms with Crippen molar-refractivity contribution in [2.24, 2.45) is 0 Å².